The van der Waals surface area contributed by atoms with Crippen LogP contribution in [0.5, 0.6) is 0 Å². The van der Waals surface area contributed by atoms with Crippen LogP contribution in [0.2, 0.25) is 5.02 Å². The number of imide groups is 1. The molecule has 2 aliphatic rings. The zero-order valence-corrected chi connectivity index (χ0v) is 18.3. The van der Waals surface area contributed by atoms with Crippen molar-refractivity contribution < 1.29 is 27.6 Å². The van der Waals surface area contributed by atoms with Gasteiger partial charge in [0.2, 0.25) is 5.91 Å². The Morgan fingerprint density at radius 2 is 1.50 bits per heavy atom. The van der Waals surface area contributed by atoms with Crippen LogP contribution in [0.15, 0.2) is 78.9 Å². The summed E-state index contributed by atoms with van der Waals surface area (Å²) in [5.41, 5.74) is 0.936. The van der Waals surface area contributed by atoms with Gasteiger partial charge in [0.25, 0.3) is 5.91 Å². The van der Waals surface area contributed by atoms with Gasteiger partial charge in [0.05, 0.1) is 23.8 Å². The number of alkyl halides is 3. The van der Waals surface area contributed by atoms with Crippen LogP contribution in [0, 0.1) is 5.92 Å². The minimum absolute atomic E-state index is 0.0928. The van der Waals surface area contributed by atoms with Crippen LogP contribution >= 0.6 is 11.6 Å². The molecule has 3 atom stereocenters. The van der Waals surface area contributed by atoms with Gasteiger partial charge in [0.15, 0.2) is 6.10 Å². The predicted octanol–water partition coefficient (Wildman–Crippen LogP) is 5.41. The number of carbonyl (C=O) groups is 2. The molecule has 9 heteroatoms. The molecular formula is C25H18ClF3N2O3. The van der Waals surface area contributed by atoms with Gasteiger partial charge < -0.3 is 0 Å². The Morgan fingerprint density at radius 3 is 2.12 bits per heavy atom. The van der Waals surface area contributed by atoms with E-state index in [4.69, 9.17) is 16.4 Å². The molecule has 0 saturated carbocycles. The SMILES string of the molecule is O=C1[C@H]2[C@@H](c3ccc(C(F)(F)F)cc3)N(c3ccc(Cl)cc3)O[C@H]2C(=O)N1Cc1ccccc1. The third kappa shape index (κ3) is 3.93. The molecule has 0 aliphatic carbocycles. The summed E-state index contributed by atoms with van der Waals surface area (Å²) in [6.45, 7) is 0.0928. The molecular weight excluding hydrogens is 469 g/mol. The molecule has 34 heavy (non-hydrogen) atoms. The van der Waals surface area contributed by atoms with Gasteiger partial charge in [0.1, 0.15) is 5.92 Å². The van der Waals surface area contributed by atoms with Gasteiger partial charge in [-0.2, -0.15) is 13.2 Å². The van der Waals surface area contributed by atoms with Crippen LogP contribution in [-0.2, 0) is 27.1 Å². The third-order valence-corrected chi connectivity index (χ3v) is 6.30. The fourth-order valence-electron chi connectivity index (χ4n) is 4.41. The van der Waals surface area contributed by atoms with E-state index in [0.29, 0.717) is 16.3 Å². The minimum atomic E-state index is -4.49. The van der Waals surface area contributed by atoms with Gasteiger partial charge in [-0.25, -0.2) is 5.06 Å². The van der Waals surface area contributed by atoms with Gasteiger partial charge in [-0.1, -0.05) is 54.1 Å². The van der Waals surface area contributed by atoms with E-state index in [1.54, 1.807) is 24.3 Å². The summed E-state index contributed by atoms with van der Waals surface area (Å²) >= 11 is 5.99. The number of halogens is 4. The van der Waals surface area contributed by atoms with E-state index >= 15 is 0 Å². The van der Waals surface area contributed by atoms with Crippen LogP contribution in [0.25, 0.3) is 0 Å². The second-order valence-electron chi connectivity index (χ2n) is 8.17. The van der Waals surface area contributed by atoms with Crippen LogP contribution < -0.4 is 5.06 Å². The first kappa shape index (κ1) is 22.4. The number of amides is 2. The predicted molar refractivity (Wildman–Crippen MR) is 118 cm³/mol. The van der Waals surface area contributed by atoms with Gasteiger partial charge in [-0.15, -0.1) is 0 Å². The van der Waals surface area contributed by atoms with Crippen LogP contribution in [0.3, 0.4) is 0 Å². The van der Waals surface area contributed by atoms with E-state index in [-0.39, 0.29) is 6.54 Å². The third-order valence-electron chi connectivity index (χ3n) is 6.05. The summed E-state index contributed by atoms with van der Waals surface area (Å²) in [6.07, 6.45) is -5.58. The quantitative estimate of drug-likeness (QED) is 0.463. The molecule has 5 rings (SSSR count). The van der Waals surface area contributed by atoms with Crippen molar-refractivity contribution in [3.63, 3.8) is 0 Å². The molecule has 0 radical (unpaired) electrons. The van der Waals surface area contributed by atoms with E-state index < -0.39 is 41.6 Å². The summed E-state index contributed by atoms with van der Waals surface area (Å²) in [5.74, 6) is -1.82. The lowest BCUT2D eigenvalue weighted by atomic mass is 9.90. The monoisotopic (exact) mass is 486 g/mol. The summed E-state index contributed by atoms with van der Waals surface area (Å²) < 4.78 is 39.3. The van der Waals surface area contributed by atoms with Gasteiger partial charge in [-0.05, 0) is 47.5 Å². The first-order chi connectivity index (χ1) is 16.2. The molecule has 0 N–H and O–H groups in total. The Balaban J connectivity index is 1.52. The number of hydroxylamine groups is 1. The second-order valence-corrected chi connectivity index (χ2v) is 8.60. The van der Waals surface area contributed by atoms with E-state index in [9.17, 15) is 22.8 Å². The number of benzene rings is 3. The van der Waals surface area contributed by atoms with Crippen molar-refractivity contribution in [2.45, 2.75) is 24.9 Å². The van der Waals surface area contributed by atoms with Crippen LogP contribution in [0.4, 0.5) is 18.9 Å². The summed E-state index contributed by atoms with van der Waals surface area (Å²) in [5, 5.41) is 1.90. The molecule has 2 fully saturated rings. The number of hydrogen-bond donors (Lipinski definition) is 0. The molecule has 0 aromatic heterocycles. The van der Waals surface area contributed by atoms with Gasteiger partial charge in [0, 0.05) is 5.02 Å². The molecule has 0 spiro atoms. The number of likely N-dealkylation sites (tertiary alicyclic amines) is 1. The highest BCUT2D eigenvalue weighted by Crippen LogP contribution is 2.47. The fourth-order valence-corrected chi connectivity index (χ4v) is 4.54. The molecule has 3 aromatic rings. The summed E-state index contributed by atoms with van der Waals surface area (Å²) in [4.78, 5) is 33.8. The highest BCUT2D eigenvalue weighted by Gasteiger charge is 2.59. The molecule has 5 nitrogen and oxygen atoms in total. The van der Waals surface area contributed by atoms with Crippen molar-refractivity contribution in [1.29, 1.82) is 0 Å². The molecule has 0 unspecified atom stereocenters. The summed E-state index contributed by atoms with van der Waals surface area (Å²) in [6, 6.07) is 19.4. The van der Waals surface area contributed by atoms with Crippen molar-refractivity contribution >= 4 is 29.1 Å². The normalized spacial score (nSPS) is 22.4. The van der Waals surface area contributed by atoms with E-state index in [1.165, 1.54) is 17.2 Å². The van der Waals surface area contributed by atoms with Crippen molar-refractivity contribution in [1.82, 2.24) is 4.90 Å². The lowest BCUT2D eigenvalue weighted by Gasteiger charge is -2.29. The maximum atomic E-state index is 13.4. The van der Waals surface area contributed by atoms with Crippen molar-refractivity contribution in [2.75, 3.05) is 5.06 Å². The fraction of sp³-hybridized carbons (Fsp3) is 0.200. The average molecular weight is 487 g/mol. The molecule has 2 aliphatic heterocycles. The number of anilines is 1. The maximum absolute atomic E-state index is 13.4. The Hall–Kier alpha value is -3.36. The molecule has 2 saturated heterocycles. The topological polar surface area (TPSA) is 49.9 Å². The largest absolute Gasteiger partial charge is 0.416 e. The van der Waals surface area contributed by atoms with E-state index in [0.717, 1.165) is 22.6 Å². The van der Waals surface area contributed by atoms with Crippen molar-refractivity contribution in [3.8, 4) is 0 Å². The molecule has 2 amide bonds. The number of nitrogens with zero attached hydrogens (tertiary/aromatic N) is 2. The van der Waals surface area contributed by atoms with E-state index in [1.807, 2.05) is 30.3 Å². The Labute approximate surface area is 198 Å². The van der Waals surface area contributed by atoms with E-state index in [2.05, 4.69) is 0 Å². The molecule has 174 valence electrons. The summed E-state index contributed by atoms with van der Waals surface area (Å²) in [7, 11) is 0. The van der Waals surface area contributed by atoms with Crippen LogP contribution in [0.1, 0.15) is 22.7 Å². The van der Waals surface area contributed by atoms with Gasteiger partial charge in [-0.3, -0.25) is 19.3 Å². The lowest BCUT2D eigenvalue weighted by Crippen LogP contribution is -2.37. The number of fused-ring (bicyclic) bond motifs is 1. The zero-order valence-electron chi connectivity index (χ0n) is 17.6. The molecule has 3 aromatic carbocycles. The Bertz CT molecular complexity index is 1220. The highest BCUT2D eigenvalue weighted by molar-refractivity contribution is 6.30. The molecule has 0 bridgehead atoms. The van der Waals surface area contributed by atoms with Crippen molar-refractivity contribution in [3.05, 3.63) is 101 Å². The molecule has 2 heterocycles. The number of carbonyl (C=O) groups excluding carboxylic acids is 2. The lowest BCUT2D eigenvalue weighted by molar-refractivity contribution is -0.144. The Morgan fingerprint density at radius 1 is 0.853 bits per heavy atom. The first-order valence-corrected chi connectivity index (χ1v) is 10.9. The zero-order chi connectivity index (χ0) is 24.0. The minimum Gasteiger partial charge on any atom is -0.275 e. The number of rotatable bonds is 4. The maximum Gasteiger partial charge on any atom is 0.416 e. The smallest absolute Gasteiger partial charge is 0.275 e. The Kier molecular flexibility index (Phi) is 5.58. The first-order valence-electron chi connectivity index (χ1n) is 10.5. The number of hydrogen-bond acceptors (Lipinski definition) is 4. The van der Waals surface area contributed by atoms with Gasteiger partial charge >= 0.3 is 6.18 Å². The highest BCUT2D eigenvalue weighted by atomic mass is 35.5. The van der Waals surface area contributed by atoms with Crippen LogP contribution in [-0.4, -0.2) is 22.8 Å². The standard InChI is InChI=1S/C25H18ClF3N2O3/c26-18-10-12-19(13-11-18)31-21(16-6-8-17(9-7-16)25(27,28)29)20-22(34-31)24(33)30(23(20)32)14-15-4-2-1-3-5-15/h1-13,20-22H,14H2/t20-,21+,22+/m0/s1. The average Bonchev–Trinajstić information content (AvgIpc) is 3.32. The second kappa shape index (κ2) is 8.45. The van der Waals surface area contributed by atoms with Crippen molar-refractivity contribution in [2.24, 2.45) is 5.92 Å².